The molecule has 0 bridgehead atoms. The molecular formula is C24H23IN2O2. The van der Waals surface area contributed by atoms with Gasteiger partial charge in [-0.1, -0.05) is 48.0 Å². The predicted octanol–water partition coefficient (Wildman–Crippen LogP) is 5.18. The van der Waals surface area contributed by atoms with E-state index in [1.807, 2.05) is 50.2 Å². The molecule has 3 aromatic carbocycles. The summed E-state index contributed by atoms with van der Waals surface area (Å²) in [6, 6.07) is 21.9. The molecule has 148 valence electrons. The van der Waals surface area contributed by atoms with Gasteiger partial charge in [-0.25, -0.2) is 5.43 Å². The second-order valence-corrected chi connectivity index (χ2v) is 8.13. The van der Waals surface area contributed by atoms with Crippen LogP contribution in [0.1, 0.15) is 27.8 Å². The molecule has 0 aliphatic rings. The highest BCUT2D eigenvalue weighted by atomic mass is 127. The first-order chi connectivity index (χ1) is 14.0. The first-order valence-electron chi connectivity index (χ1n) is 9.35. The Bertz CT molecular complexity index is 1010. The summed E-state index contributed by atoms with van der Waals surface area (Å²) in [6.07, 6.45) is 1.93. The molecule has 0 fully saturated rings. The number of nitrogens with one attached hydrogen (secondary N) is 1. The zero-order chi connectivity index (χ0) is 20.6. The smallest absolute Gasteiger partial charge is 0.244 e. The predicted molar refractivity (Wildman–Crippen MR) is 125 cm³/mol. The van der Waals surface area contributed by atoms with Crippen LogP contribution in [0, 0.1) is 17.4 Å². The molecule has 0 radical (unpaired) electrons. The fourth-order valence-electron chi connectivity index (χ4n) is 2.87. The molecule has 29 heavy (non-hydrogen) atoms. The number of halogens is 1. The van der Waals surface area contributed by atoms with Crippen molar-refractivity contribution in [1.82, 2.24) is 5.43 Å². The summed E-state index contributed by atoms with van der Waals surface area (Å²) in [7, 11) is 0. The van der Waals surface area contributed by atoms with Crippen molar-refractivity contribution in [2.75, 3.05) is 0 Å². The summed E-state index contributed by atoms with van der Waals surface area (Å²) in [5.41, 5.74) is 7.88. The minimum atomic E-state index is -0.140. The number of hydrogen-bond donors (Lipinski definition) is 1. The number of carbonyl (C=O) groups is 1. The molecule has 0 atom stereocenters. The van der Waals surface area contributed by atoms with E-state index in [1.54, 1.807) is 6.21 Å². The van der Waals surface area contributed by atoms with Gasteiger partial charge in [-0.2, -0.15) is 5.10 Å². The topological polar surface area (TPSA) is 50.7 Å². The molecule has 0 aromatic heterocycles. The summed E-state index contributed by atoms with van der Waals surface area (Å²) in [6.45, 7) is 4.56. The Hall–Kier alpha value is -2.67. The van der Waals surface area contributed by atoms with E-state index >= 15 is 0 Å². The molecule has 0 aliphatic carbocycles. The number of ether oxygens (including phenoxy) is 1. The number of rotatable bonds is 7. The van der Waals surface area contributed by atoms with E-state index in [0.29, 0.717) is 13.0 Å². The van der Waals surface area contributed by atoms with Crippen molar-refractivity contribution in [2.24, 2.45) is 5.10 Å². The Kier molecular flexibility index (Phi) is 7.41. The van der Waals surface area contributed by atoms with Gasteiger partial charge < -0.3 is 4.74 Å². The van der Waals surface area contributed by atoms with Gasteiger partial charge in [0.1, 0.15) is 12.4 Å². The number of carbonyl (C=O) groups excluding carboxylic acids is 1. The van der Waals surface area contributed by atoms with E-state index in [1.165, 1.54) is 9.13 Å². The van der Waals surface area contributed by atoms with Gasteiger partial charge in [0.15, 0.2) is 0 Å². The van der Waals surface area contributed by atoms with Gasteiger partial charge in [0.2, 0.25) is 5.91 Å². The summed E-state index contributed by atoms with van der Waals surface area (Å²) in [5.74, 6) is 0.619. The van der Waals surface area contributed by atoms with Crippen LogP contribution in [0.4, 0.5) is 0 Å². The highest BCUT2D eigenvalue weighted by Gasteiger charge is 2.05. The number of amides is 1. The van der Waals surface area contributed by atoms with Crippen molar-refractivity contribution in [1.29, 1.82) is 0 Å². The van der Waals surface area contributed by atoms with Crippen molar-refractivity contribution in [3.05, 3.63) is 98.1 Å². The summed E-state index contributed by atoms with van der Waals surface area (Å²) >= 11 is 2.28. The largest absolute Gasteiger partial charge is 0.489 e. The van der Waals surface area contributed by atoms with Gasteiger partial charge in [0.25, 0.3) is 0 Å². The lowest BCUT2D eigenvalue weighted by Gasteiger charge is -2.07. The molecule has 0 saturated carbocycles. The summed E-state index contributed by atoms with van der Waals surface area (Å²) < 4.78 is 7.05. The highest BCUT2D eigenvalue weighted by Crippen LogP contribution is 2.15. The quantitative estimate of drug-likeness (QED) is 0.277. The monoisotopic (exact) mass is 498 g/mol. The minimum absolute atomic E-state index is 0.140. The number of hydrogen-bond acceptors (Lipinski definition) is 3. The average Bonchev–Trinajstić information content (AvgIpc) is 2.70. The maximum absolute atomic E-state index is 12.1. The second-order valence-electron chi connectivity index (χ2n) is 6.89. The molecular weight excluding hydrogens is 475 g/mol. The minimum Gasteiger partial charge on any atom is -0.489 e. The summed E-state index contributed by atoms with van der Waals surface area (Å²) in [5, 5.41) is 4.07. The van der Waals surface area contributed by atoms with Crippen LogP contribution in [0.15, 0.2) is 71.8 Å². The lowest BCUT2D eigenvalue weighted by Crippen LogP contribution is -2.20. The van der Waals surface area contributed by atoms with Gasteiger partial charge in [0, 0.05) is 3.57 Å². The van der Waals surface area contributed by atoms with E-state index in [9.17, 15) is 4.79 Å². The summed E-state index contributed by atoms with van der Waals surface area (Å²) in [4.78, 5) is 12.1. The molecule has 5 heteroatoms. The molecule has 0 aliphatic heterocycles. The van der Waals surface area contributed by atoms with Crippen LogP contribution in [-0.2, 0) is 17.8 Å². The third kappa shape index (κ3) is 6.71. The van der Waals surface area contributed by atoms with E-state index in [-0.39, 0.29) is 5.91 Å². The van der Waals surface area contributed by atoms with E-state index in [2.05, 4.69) is 63.4 Å². The first kappa shape index (κ1) is 21.0. The molecule has 0 unspecified atom stereocenters. The first-order valence-corrected chi connectivity index (χ1v) is 10.4. The molecule has 1 amide bonds. The number of hydrazone groups is 1. The number of benzene rings is 3. The lowest BCUT2D eigenvalue weighted by atomic mass is 10.0. The van der Waals surface area contributed by atoms with Crippen molar-refractivity contribution in [3.63, 3.8) is 0 Å². The maximum Gasteiger partial charge on any atom is 0.244 e. The van der Waals surface area contributed by atoms with Crippen LogP contribution < -0.4 is 10.2 Å². The van der Waals surface area contributed by atoms with Crippen LogP contribution in [0.25, 0.3) is 0 Å². The highest BCUT2D eigenvalue weighted by molar-refractivity contribution is 14.1. The van der Waals surface area contributed by atoms with E-state index in [0.717, 1.165) is 28.0 Å². The molecule has 0 spiro atoms. The lowest BCUT2D eigenvalue weighted by molar-refractivity contribution is -0.120. The van der Waals surface area contributed by atoms with Crippen LogP contribution >= 0.6 is 22.6 Å². The van der Waals surface area contributed by atoms with Gasteiger partial charge in [-0.05, 0) is 83.0 Å². The van der Waals surface area contributed by atoms with E-state index in [4.69, 9.17) is 4.74 Å². The van der Waals surface area contributed by atoms with Crippen molar-refractivity contribution in [3.8, 4) is 5.75 Å². The van der Waals surface area contributed by atoms with Crippen molar-refractivity contribution >= 4 is 34.7 Å². The van der Waals surface area contributed by atoms with Gasteiger partial charge in [0.05, 0.1) is 12.6 Å². The Morgan fingerprint density at radius 2 is 1.86 bits per heavy atom. The van der Waals surface area contributed by atoms with Crippen LogP contribution in [-0.4, -0.2) is 12.1 Å². The van der Waals surface area contributed by atoms with Crippen LogP contribution in [0.2, 0.25) is 0 Å². The molecule has 3 aromatic rings. The number of aryl methyl sites for hydroxylation is 2. The van der Waals surface area contributed by atoms with E-state index < -0.39 is 0 Å². The normalized spacial score (nSPS) is 10.9. The number of nitrogens with zero attached hydrogens (tertiary/aromatic N) is 1. The third-order valence-corrected chi connectivity index (χ3v) is 5.15. The second kappa shape index (κ2) is 10.2. The zero-order valence-corrected chi connectivity index (χ0v) is 18.6. The fourth-order valence-corrected chi connectivity index (χ4v) is 3.23. The fraction of sp³-hybridized carbons (Fsp3) is 0.167. The average molecular weight is 498 g/mol. The maximum atomic E-state index is 12.1. The van der Waals surface area contributed by atoms with Gasteiger partial charge in [-0.15, -0.1) is 0 Å². The molecule has 0 heterocycles. The zero-order valence-electron chi connectivity index (χ0n) is 16.5. The molecule has 1 N–H and O–H groups in total. The Morgan fingerprint density at radius 1 is 1.07 bits per heavy atom. The molecule has 4 nitrogen and oxygen atoms in total. The molecule has 3 rings (SSSR count). The third-order valence-electron chi connectivity index (χ3n) is 4.43. The van der Waals surface area contributed by atoms with Gasteiger partial charge >= 0.3 is 0 Å². The Morgan fingerprint density at radius 3 is 2.62 bits per heavy atom. The molecule has 0 saturated heterocycles. The van der Waals surface area contributed by atoms with Crippen molar-refractivity contribution in [2.45, 2.75) is 26.9 Å². The van der Waals surface area contributed by atoms with Crippen molar-refractivity contribution < 1.29 is 9.53 Å². The Balaban J connectivity index is 1.53. The standard InChI is InChI=1S/C24H23IN2O2/c1-17-6-9-21(18(2)12-17)14-24(28)27-26-15-20-4-3-5-23(13-20)29-16-19-7-10-22(25)11-8-19/h3-13,15H,14,16H2,1-2H3,(H,27,28)/b26-15-. The SMILES string of the molecule is Cc1ccc(CC(=O)N/N=C\c2cccc(OCc3ccc(I)cc3)c2)c(C)c1. The van der Waals surface area contributed by atoms with Crippen LogP contribution in [0.5, 0.6) is 5.75 Å². The Labute approximate surface area is 185 Å². The van der Waals surface area contributed by atoms with Crippen LogP contribution in [0.3, 0.4) is 0 Å². The van der Waals surface area contributed by atoms with Gasteiger partial charge in [-0.3, -0.25) is 4.79 Å².